The average molecular weight is 361 g/mol. The van der Waals surface area contributed by atoms with Crippen LogP contribution in [0.4, 0.5) is 23.4 Å². The molecule has 140 valence electrons. The number of anilines is 1. The first-order valence-corrected chi connectivity index (χ1v) is 8.16. The summed E-state index contributed by atoms with van der Waals surface area (Å²) >= 11 is 0. The first-order chi connectivity index (χ1) is 11.4. The van der Waals surface area contributed by atoms with E-state index in [0.717, 1.165) is 18.3 Å². The topological polar surface area (TPSA) is 45.2 Å². The van der Waals surface area contributed by atoms with E-state index in [9.17, 15) is 22.4 Å². The summed E-state index contributed by atoms with van der Waals surface area (Å²) in [6.45, 7) is 5.64. The predicted octanol–water partition coefficient (Wildman–Crippen LogP) is 3.57. The van der Waals surface area contributed by atoms with E-state index in [1.54, 1.807) is 25.7 Å². The normalized spacial score (nSPS) is 18.1. The molecule has 1 fully saturated rings. The molecule has 2 heterocycles. The van der Waals surface area contributed by atoms with E-state index in [-0.39, 0.29) is 44.2 Å². The minimum absolute atomic E-state index is 0.0903. The Hall–Kier alpha value is -1.86. The summed E-state index contributed by atoms with van der Waals surface area (Å²) in [6.07, 6.45) is -3.09. The molecule has 0 spiro atoms. The van der Waals surface area contributed by atoms with Crippen LogP contribution in [0.2, 0.25) is 0 Å². The molecular weight excluding hydrogens is 338 g/mol. The van der Waals surface area contributed by atoms with E-state index in [0.29, 0.717) is 0 Å². The molecule has 8 heteroatoms. The summed E-state index contributed by atoms with van der Waals surface area (Å²) in [6, 6.07) is 1.89. The Balaban J connectivity index is 1.96. The first kappa shape index (κ1) is 19.5. The maximum Gasteiger partial charge on any atom is 0.416 e. The molecule has 2 rings (SSSR count). The number of nitrogens with zero attached hydrogens (tertiary/aromatic N) is 2. The number of carbonyl (C=O) groups excluding carboxylic acids is 1. The summed E-state index contributed by atoms with van der Waals surface area (Å²) in [5.41, 5.74) is -2.93. The van der Waals surface area contributed by atoms with Crippen LogP contribution in [0.5, 0.6) is 0 Å². The van der Waals surface area contributed by atoms with Crippen molar-refractivity contribution in [1.29, 1.82) is 0 Å². The fourth-order valence-electron chi connectivity index (χ4n) is 2.58. The zero-order chi connectivity index (χ0) is 18.9. The molecule has 0 atom stereocenters. The fraction of sp³-hybridized carbons (Fsp3) is 0.647. The standard InChI is InChI=1S/C17H23F4N3O/c1-15(2,3)14(25)23-11-16(18)5-8-24(9-6-16)13-10-12(4-7-22-13)17(19,20)21/h4,7,10H,5-6,8-9,11H2,1-3H3,(H,23,25). The number of hydrogen-bond acceptors (Lipinski definition) is 3. The van der Waals surface area contributed by atoms with E-state index in [1.165, 1.54) is 0 Å². The van der Waals surface area contributed by atoms with Crippen LogP contribution in [-0.4, -0.2) is 36.2 Å². The minimum Gasteiger partial charge on any atom is -0.356 e. The molecule has 1 aliphatic rings. The monoisotopic (exact) mass is 361 g/mol. The van der Waals surface area contributed by atoms with Crippen molar-refractivity contribution in [2.45, 2.75) is 45.5 Å². The van der Waals surface area contributed by atoms with Crippen molar-refractivity contribution in [2.24, 2.45) is 5.41 Å². The van der Waals surface area contributed by atoms with Crippen LogP contribution >= 0.6 is 0 Å². The lowest BCUT2D eigenvalue weighted by Gasteiger charge is -2.37. The molecule has 1 aromatic rings. The van der Waals surface area contributed by atoms with E-state index in [4.69, 9.17) is 0 Å². The van der Waals surface area contributed by atoms with Crippen LogP contribution in [0.3, 0.4) is 0 Å². The van der Waals surface area contributed by atoms with Gasteiger partial charge in [-0.05, 0) is 12.1 Å². The number of rotatable bonds is 3. The summed E-state index contributed by atoms with van der Waals surface area (Å²) in [5, 5.41) is 2.62. The molecule has 0 aromatic carbocycles. The quantitative estimate of drug-likeness (QED) is 0.837. The minimum atomic E-state index is -4.44. The number of aromatic nitrogens is 1. The van der Waals surface area contributed by atoms with Crippen molar-refractivity contribution >= 4 is 11.7 Å². The second kappa shape index (κ2) is 6.80. The molecule has 0 aliphatic carbocycles. The van der Waals surface area contributed by atoms with Gasteiger partial charge in [0, 0.05) is 37.5 Å². The smallest absolute Gasteiger partial charge is 0.356 e. The van der Waals surface area contributed by atoms with Crippen molar-refractivity contribution in [3.63, 3.8) is 0 Å². The van der Waals surface area contributed by atoms with Gasteiger partial charge in [0.2, 0.25) is 5.91 Å². The Morgan fingerprint density at radius 1 is 1.28 bits per heavy atom. The van der Waals surface area contributed by atoms with Gasteiger partial charge in [-0.25, -0.2) is 9.37 Å². The summed E-state index contributed by atoms with van der Waals surface area (Å²) in [7, 11) is 0. The zero-order valence-electron chi connectivity index (χ0n) is 14.6. The maximum atomic E-state index is 14.8. The molecule has 0 bridgehead atoms. The number of piperidine rings is 1. The van der Waals surface area contributed by atoms with Gasteiger partial charge in [-0.2, -0.15) is 13.2 Å². The first-order valence-electron chi connectivity index (χ1n) is 8.16. The molecule has 1 amide bonds. The van der Waals surface area contributed by atoms with E-state index in [1.807, 2.05) is 0 Å². The molecule has 4 nitrogen and oxygen atoms in total. The van der Waals surface area contributed by atoms with Crippen LogP contribution in [0.1, 0.15) is 39.2 Å². The highest BCUT2D eigenvalue weighted by atomic mass is 19.4. The Bertz CT molecular complexity index is 617. The Morgan fingerprint density at radius 3 is 2.40 bits per heavy atom. The maximum absolute atomic E-state index is 14.8. The number of amides is 1. The molecule has 1 aliphatic heterocycles. The Morgan fingerprint density at radius 2 is 1.88 bits per heavy atom. The zero-order valence-corrected chi connectivity index (χ0v) is 14.6. The van der Waals surface area contributed by atoms with Crippen LogP contribution in [0, 0.1) is 5.41 Å². The van der Waals surface area contributed by atoms with Gasteiger partial charge < -0.3 is 10.2 Å². The molecule has 1 N–H and O–H groups in total. The molecule has 0 radical (unpaired) electrons. The third-order valence-corrected chi connectivity index (χ3v) is 4.30. The van der Waals surface area contributed by atoms with Crippen LogP contribution in [0.15, 0.2) is 18.3 Å². The lowest BCUT2D eigenvalue weighted by atomic mass is 9.91. The average Bonchev–Trinajstić information content (AvgIpc) is 2.52. The molecular formula is C17H23F4N3O. The van der Waals surface area contributed by atoms with Crippen LogP contribution in [-0.2, 0) is 11.0 Å². The number of halogens is 4. The lowest BCUT2D eigenvalue weighted by molar-refractivity contribution is -0.137. The molecule has 1 saturated heterocycles. The Labute approximate surface area is 144 Å². The van der Waals surface area contributed by atoms with Crippen LogP contribution < -0.4 is 10.2 Å². The lowest BCUT2D eigenvalue weighted by Crippen LogP contribution is -2.50. The van der Waals surface area contributed by atoms with Gasteiger partial charge in [0.15, 0.2) is 0 Å². The number of hydrogen-bond donors (Lipinski definition) is 1. The van der Waals surface area contributed by atoms with Crippen molar-refractivity contribution < 1.29 is 22.4 Å². The molecule has 1 aromatic heterocycles. The third-order valence-electron chi connectivity index (χ3n) is 4.30. The summed E-state index contributed by atoms with van der Waals surface area (Å²) < 4.78 is 53.2. The van der Waals surface area contributed by atoms with Gasteiger partial charge in [-0.15, -0.1) is 0 Å². The van der Waals surface area contributed by atoms with Crippen molar-refractivity contribution in [2.75, 3.05) is 24.5 Å². The van der Waals surface area contributed by atoms with Gasteiger partial charge in [0.1, 0.15) is 11.5 Å². The SMILES string of the molecule is CC(C)(C)C(=O)NCC1(F)CCN(c2cc(C(F)(F)F)ccn2)CC1. The second-order valence-electron chi connectivity index (χ2n) is 7.47. The van der Waals surface area contributed by atoms with Crippen LogP contribution in [0.25, 0.3) is 0 Å². The van der Waals surface area contributed by atoms with Crippen molar-refractivity contribution in [1.82, 2.24) is 10.3 Å². The van der Waals surface area contributed by atoms with Gasteiger partial charge in [0.25, 0.3) is 0 Å². The summed E-state index contributed by atoms with van der Waals surface area (Å²) in [4.78, 5) is 17.5. The number of alkyl halides is 4. The van der Waals surface area contributed by atoms with Gasteiger partial charge in [0.05, 0.1) is 12.1 Å². The van der Waals surface area contributed by atoms with Crippen molar-refractivity contribution in [3.05, 3.63) is 23.9 Å². The van der Waals surface area contributed by atoms with Gasteiger partial charge in [-0.1, -0.05) is 20.8 Å². The molecule has 0 saturated carbocycles. The van der Waals surface area contributed by atoms with Gasteiger partial charge in [-0.3, -0.25) is 4.79 Å². The highest BCUT2D eigenvalue weighted by Crippen LogP contribution is 2.33. The third kappa shape index (κ3) is 5.06. The summed E-state index contributed by atoms with van der Waals surface area (Å²) in [5.74, 6) is -0.0397. The second-order valence-corrected chi connectivity index (χ2v) is 7.47. The highest BCUT2D eigenvalue weighted by Gasteiger charge is 2.37. The van der Waals surface area contributed by atoms with Crippen molar-refractivity contribution in [3.8, 4) is 0 Å². The molecule has 0 unspecified atom stereocenters. The van der Waals surface area contributed by atoms with E-state index < -0.39 is 22.8 Å². The van der Waals surface area contributed by atoms with Gasteiger partial charge >= 0.3 is 6.18 Å². The number of pyridine rings is 1. The number of carbonyl (C=O) groups is 1. The number of nitrogens with one attached hydrogen (secondary N) is 1. The highest BCUT2D eigenvalue weighted by molar-refractivity contribution is 5.81. The van der Waals surface area contributed by atoms with E-state index in [2.05, 4.69) is 10.3 Å². The fourth-order valence-corrected chi connectivity index (χ4v) is 2.58. The predicted molar refractivity (Wildman–Crippen MR) is 87.0 cm³/mol. The largest absolute Gasteiger partial charge is 0.416 e. The van der Waals surface area contributed by atoms with E-state index >= 15 is 0 Å². The molecule has 25 heavy (non-hydrogen) atoms. The Kier molecular flexibility index (Phi) is 5.30.